The highest BCUT2D eigenvalue weighted by molar-refractivity contribution is 7.99. The number of Topliss-reactive ketones (excluding diaryl/α,β-unsaturated/α-hetero) is 1. The fraction of sp³-hybridized carbons (Fsp3) is 0.103. The van der Waals surface area contributed by atoms with Crippen molar-refractivity contribution in [3.05, 3.63) is 114 Å². The maximum atomic E-state index is 14.4. The molecule has 0 saturated heterocycles. The van der Waals surface area contributed by atoms with Gasteiger partial charge < -0.3 is 8.98 Å². The number of hydrogen-bond acceptors (Lipinski definition) is 4. The Labute approximate surface area is 207 Å². The molecule has 0 spiro atoms. The van der Waals surface area contributed by atoms with Crippen molar-refractivity contribution in [2.24, 2.45) is 0 Å². The molecule has 5 aromatic rings. The van der Waals surface area contributed by atoms with E-state index in [0.29, 0.717) is 27.9 Å². The average molecular weight is 483 g/mol. The zero-order chi connectivity index (χ0) is 24.4. The molecule has 0 fully saturated rings. The van der Waals surface area contributed by atoms with Gasteiger partial charge in [-0.3, -0.25) is 4.79 Å². The van der Waals surface area contributed by atoms with E-state index in [1.807, 2.05) is 80.6 Å². The van der Waals surface area contributed by atoms with Crippen molar-refractivity contribution in [3.8, 4) is 28.3 Å². The fourth-order valence-corrected chi connectivity index (χ4v) is 4.90. The summed E-state index contributed by atoms with van der Waals surface area (Å²) < 4.78 is 22.3. The van der Waals surface area contributed by atoms with Gasteiger partial charge in [0.25, 0.3) is 5.22 Å². The summed E-state index contributed by atoms with van der Waals surface area (Å²) in [5.41, 5.74) is 5.12. The minimum atomic E-state index is -0.329. The standard InChI is InChI=1S/C29H23FN2O2S/c1-19-17-23(20(2)32(19)25-16-10-9-15-24(25)30)26(33)18-35-29-31-27(21-11-5-3-6-12-21)28(34-29)22-13-7-4-8-14-22/h3-17H,18H2,1-2H3. The normalized spacial score (nSPS) is 11.1. The summed E-state index contributed by atoms with van der Waals surface area (Å²) >= 11 is 1.26. The minimum Gasteiger partial charge on any atom is -0.431 e. The van der Waals surface area contributed by atoms with Crippen LogP contribution in [0, 0.1) is 19.7 Å². The third-order valence-electron chi connectivity index (χ3n) is 5.84. The van der Waals surface area contributed by atoms with E-state index in [2.05, 4.69) is 0 Å². The summed E-state index contributed by atoms with van der Waals surface area (Å²) in [5.74, 6) is 0.435. The first kappa shape index (κ1) is 22.9. The predicted molar refractivity (Wildman–Crippen MR) is 138 cm³/mol. The molecular weight excluding hydrogens is 459 g/mol. The number of hydrogen-bond donors (Lipinski definition) is 0. The van der Waals surface area contributed by atoms with Crippen LogP contribution >= 0.6 is 11.8 Å². The topological polar surface area (TPSA) is 48.0 Å². The Morgan fingerprint density at radius 1 is 0.914 bits per heavy atom. The number of oxazole rings is 1. The van der Waals surface area contributed by atoms with Gasteiger partial charge in [-0.1, -0.05) is 84.6 Å². The van der Waals surface area contributed by atoms with Crippen molar-refractivity contribution in [1.82, 2.24) is 9.55 Å². The summed E-state index contributed by atoms with van der Waals surface area (Å²) in [4.78, 5) is 17.9. The van der Waals surface area contributed by atoms with Gasteiger partial charge in [-0.25, -0.2) is 9.37 Å². The van der Waals surface area contributed by atoms with Crippen molar-refractivity contribution in [3.63, 3.8) is 0 Å². The Morgan fingerprint density at radius 2 is 1.54 bits per heavy atom. The molecule has 6 heteroatoms. The van der Waals surface area contributed by atoms with Gasteiger partial charge in [-0.15, -0.1) is 0 Å². The summed E-state index contributed by atoms with van der Waals surface area (Å²) in [7, 11) is 0. The van der Waals surface area contributed by atoms with Crippen molar-refractivity contribution in [2.45, 2.75) is 19.1 Å². The van der Waals surface area contributed by atoms with E-state index in [9.17, 15) is 9.18 Å². The van der Waals surface area contributed by atoms with Gasteiger partial charge in [0.15, 0.2) is 11.5 Å². The Morgan fingerprint density at radius 3 is 2.23 bits per heavy atom. The molecule has 0 aliphatic heterocycles. The van der Waals surface area contributed by atoms with Crippen LogP contribution < -0.4 is 0 Å². The number of halogens is 1. The Kier molecular flexibility index (Phi) is 6.38. The second-order valence-corrected chi connectivity index (χ2v) is 9.10. The lowest BCUT2D eigenvalue weighted by Gasteiger charge is -2.10. The highest BCUT2D eigenvalue weighted by Gasteiger charge is 2.21. The molecule has 0 amide bonds. The molecule has 0 atom stereocenters. The second kappa shape index (κ2) is 9.76. The molecule has 0 unspecified atom stereocenters. The molecule has 4 nitrogen and oxygen atoms in total. The van der Waals surface area contributed by atoms with Gasteiger partial charge >= 0.3 is 0 Å². The highest BCUT2D eigenvalue weighted by Crippen LogP contribution is 2.36. The van der Waals surface area contributed by atoms with Crippen LogP contribution in [0.25, 0.3) is 28.3 Å². The maximum absolute atomic E-state index is 14.4. The zero-order valence-electron chi connectivity index (χ0n) is 19.4. The van der Waals surface area contributed by atoms with Crippen LogP contribution in [0.3, 0.4) is 0 Å². The summed E-state index contributed by atoms with van der Waals surface area (Å²) in [6.07, 6.45) is 0. The van der Waals surface area contributed by atoms with Crippen LogP contribution in [-0.4, -0.2) is 21.1 Å². The molecule has 0 aliphatic carbocycles. The van der Waals surface area contributed by atoms with E-state index in [0.717, 1.165) is 22.5 Å². The first-order valence-corrected chi connectivity index (χ1v) is 12.2. The summed E-state index contributed by atoms with van der Waals surface area (Å²) in [6, 6.07) is 28.0. The van der Waals surface area contributed by atoms with Crippen LogP contribution in [0.2, 0.25) is 0 Å². The molecule has 0 N–H and O–H groups in total. The molecule has 0 aliphatic rings. The van der Waals surface area contributed by atoms with Crippen LogP contribution in [0.5, 0.6) is 0 Å². The SMILES string of the molecule is Cc1cc(C(=O)CSc2nc(-c3ccccc3)c(-c3ccccc3)o2)c(C)n1-c1ccccc1F. The van der Waals surface area contributed by atoms with Crippen molar-refractivity contribution >= 4 is 17.5 Å². The number of nitrogens with zero attached hydrogens (tertiary/aromatic N) is 2. The van der Waals surface area contributed by atoms with E-state index < -0.39 is 0 Å². The van der Waals surface area contributed by atoms with Crippen LogP contribution in [0.1, 0.15) is 21.7 Å². The maximum Gasteiger partial charge on any atom is 0.257 e. The second-order valence-electron chi connectivity index (χ2n) is 8.17. The van der Waals surface area contributed by atoms with Gasteiger partial charge in [0, 0.05) is 28.1 Å². The molecule has 0 saturated carbocycles. The van der Waals surface area contributed by atoms with E-state index in [1.165, 1.54) is 17.8 Å². The van der Waals surface area contributed by atoms with Crippen LogP contribution in [0.15, 0.2) is 101 Å². The highest BCUT2D eigenvalue weighted by atomic mass is 32.2. The molecular formula is C29H23FN2O2S. The van der Waals surface area contributed by atoms with Gasteiger partial charge in [-0.05, 0) is 32.0 Å². The van der Waals surface area contributed by atoms with Gasteiger partial charge in [0.05, 0.1) is 11.4 Å². The number of thioether (sulfide) groups is 1. The van der Waals surface area contributed by atoms with Crippen molar-refractivity contribution < 1.29 is 13.6 Å². The number of benzene rings is 3. The quantitative estimate of drug-likeness (QED) is 0.178. The number of para-hydroxylation sites is 1. The molecule has 35 heavy (non-hydrogen) atoms. The first-order valence-electron chi connectivity index (χ1n) is 11.2. The Balaban J connectivity index is 1.42. The molecule has 3 aromatic carbocycles. The number of carbonyl (C=O) groups excluding carboxylic acids is 1. The van der Waals surface area contributed by atoms with E-state index in [-0.39, 0.29) is 17.4 Å². The zero-order valence-corrected chi connectivity index (χ0v) is 20.2. The number of aryl methyl sites for hydroxylation is 1. The van der Waals surface area contributed by atoms with Crippen LogP contribution in [0.4, 0.5) is 4.39 Å². The lowest BCUT2D eigenvalue weighted by atomic mass is 10.1. The smallest absolute Gasteiger partial charge is 0.257 e. The van der Waals surface area contributed by atoms with E-state index in [4.69, 9.17) is 9.40 Å². The third kappa shape index (κ3) is 4.57. The monoisotopic (exact) mass is 482 g/mol. The lowest BCUT2D eigenvalue weighted by molar-refractivity contribution is 0.102. The molecule has 2 heterocycles. The van der Waals surface area contributed by atoms with Gasteiger partial charge in [0.1, 0.15) is 11.5 Å². The average Bonchev–Trinajstić information content (AvgIpc) is 3.45. The lowest BCUT2D eigenvalue weighted by Crippen LogP contribution is -2.06. The number of rotatable bonds is 7. The Bertz CT molecular complexity index is 1430. The van der Waals surface area contributed by atoms with Crippen molar-refractivity contribution in [1.29, 1.82) is 0 Å². The molecule has 5 rings (SSSR count). The van der Waals surface area contributed by atoms with Crippen LogP contribution in [-0.2, 0) is 0 Å². The van der Waals surface area contributed by atoms with E-state index in [1.54, 1.807) is 22.8 Å². The number of carbonyl (C=O) groups is 1. The molecule has 0 radical (unpaired) electrons. The largest absolute Gasteiger partial charge is 0.431 e. The summed E-state index contributed by atoms with van der Waals surface area (Å²) in [6.45, 7) is 3.71. The summed E-state index contributed by atoms with van der Waals surface area (Å²) in [5, 5.41) is 0.430. The molecule has 0 bridgehead atoms. The first-order chi connectivity index (χ1) is 17.0. The number of aromatic nitrogens is 2. The van der Waals surface area contributed by atoms with Gasteiger partial charge in [-0.2, -0.15) is 0 Å². The predicted octanol–water partition coefficient (Wildman–Crippen LogP) is 7.53. The fourth-order valence-electron chi connectivity index (χ4n) is 4.19. The van der Waals surface area contributed by atoms with E-state index >= 15 is 0 Å². The Hall–Kier alpha value is -3.90. The molecule has 174 valence electrons. The molecule has 2 aromatic heterocycles. The van der Waals surface area contributed by atoms with Crippen molar-refractivity contribution in [2.75, 3.05) is 5.75 Å². The van der Waals surface area contributed by atoms with Gasteiger partial charge in [0.2, 0.25) is 0 Å². The number of ketones is 1. The third-order valence-corrected chi connectivity index (χ3v) is 6.67. The minimum absolute atomic E-state index is 0.0635.